The first-order chi connectivity index (χ1) is 9.75. The summed E-state index contributed by atoms with van der Waals surface area (Å²) in [6.45, 7) is 0. The molecule has 98 valence electrons. The van der Waals surface area contributed by atoms with Gasteiger partial charge in [0.2, 0.25) is 0 Å². The molecule has 20 heavy (non-hydrogen) atoms. The molecule has 1 unspecified atom stereocenters. The van der Waals surface area contributed by atoms with Crippen LogP contribution in [0.4, 0.5) is 0 Å². The molecule has 1 aliphatic rings. The largest absolute Gasteiger partial charge is 0.359 e. The molecule has 1 N–H and O–H groups in total. The number of benzene rings is 2. The lowest BCUT2D eigenvalue weighted by Crippen LogP contribution is -2.25. The first-order valence-electron chi connectivity index (χ1n) is 6.63. The van der Waals surface area contributed by atoms with E-state index >= 15 is 0 Å². The maximum atomic E-state index is 12.7. The van der Waals surface area contributed by atoms with E-state index in [9.17, 15) is 4.79 Å². The number of hydrogen-bond acceptors (Lipinski definition) is 1. The molecule has 4 rings (SSSR count). The molecule has 0 radical (unpaired) electrons. The maximum Gasteiger partial charge on any atom is 0.172 e. The lowest BCUT2D eigenvalue weighted by molar-refractivity contribution is 0.0950. The second-order valence-electron chi connectivity index (χ2n) is 5.18. The van der Waals surface area contributed by atoms with Crippen LogP contribution in [0.25, 0.3) is 10.9 Å². The Morgan fingerprint density at radius 3 is 2.85 bits per heavy atom. The van der Waals surface area contributed by atoms with Crippen LogP contribution in [0.2, 0.25) is 5.02 Å². The number of aromatic amines is 1. The predicted octanol–water partition coefficient (Wildman–Crippen LogP) is 4.34. The average Bonchev–Trinajstić information content (AvgIpc) is 2.85. The molecular weight excluding hydrogens is 270 g/mol. The van der Waals surface area contributed by atoms with Gasteiger partial charge in [-0.1, -0.05) is 48.0 Å². The molecular formula is C17H12ClNO. The fourth-order valence-electron chi connectivity index (χ4n) is 3.00. The third kappa shape index (κ3) is 1.55. The lowest BCUT2D eigenvalue weighted by atomic mass is 9.74. The number of H-pyrrole nitrogens is 1. The van der Waals surface area contributed by atoms with Crippen molar-refractivity contribution in [1.82, 2.24) is 4.98 Å². The Morgan fingerprint density at radius 1 is 1.15 bits per heavy atom. The Kier molecular flexibility index (Phi) is 2.48. The Hall–Kier alpha value is -2.06. The van der Waals surface area contributed by atoms with Gasteiger partial charge in [-0.05, 0) is 23.6 Å². The highest BCUT2D eigenvalue weighted by Crippen LogP contribution is 2.38. The number of halogens is 1. The van der Waals surface area contributed by atoms with E-state index in [1.54, 1.807) is 6.20 Å². The van der Waals surface area contributed by atoms with E-state index in [2.05, 4.69) is 11.1 Å². The summed E-state index contributed by atoms with van der Waals surface area (Å²) in [5.41, 5.74) is 4.02. The highest BCUT2D eigenvalue weighted by molar-refractivity contribution is 6.35. The number of nitrogens with one attached hydrogen (secondary N) is 1. The summed E-state index contributed by atoms with van der Waals surface area (Å²) < 4.78 is 0. The van der Waals surface area contributed by atoms with Crippen molar-refractivity contribution in [1.29, 1.82) is 0 Å². The second-order valence-corrected chi connectivity index (χ2v) is 5.59. The van der Waals surface area contributed by atoms with E-state index in [4.69, 9.17) is 11.6 Å². The normalized spacial score (nSPS) is 16.8. The molecule has 1 aromatic heterocycles. The van der Waals surface area contributed by atoms with Crippen molar-refractivity contribution in [2.24, 2.45) is 0 Å². The van der Waals surface area contributed by atoms with Crippen LogP contribution in [0.1, 0.15) is 27.4 Å². The number of Topliss-reactive ketones (excluding diaryl/α,β-unsaturated/α-hetero) is 1. The van der Waals surface area contributed by atoms with Crippen molar-refractivity contribution in [3.8, 4) is 0 Å². The highest BCUT2D eigenvalue weighted by atomic mass is 35.5. The van der Waals surface area contributed by atoms with Gasteiger partial charge in [0.15, 0.2) is 5.78 Å². The van der Waals surface area contributed by atoms with Gasteiger partial charge in [-0.3, -0.25) is 4.79 Å². The van der Waals surface area contributed by atoms with Gasteiger partial charge >= 0.3 is 0 Å². The van der Waals surface area contributed by atoms with Crippen LogP contribution >= 0.6 is 11.6 Å². The summed E-state index contributed by atoms with van der Waals surface area (Å²) in [5.74, 6) is 0.168. The number of aromatic nitrogens is 1. The fourth-order valence-corrected chi connectivity index (χ4v) is 3.23. The first-order valence-corrected chi connectivity index (χ1v) is 7.01. The molecule has 0 spiro atoms. The molecule has 1 atom stereocenters. The number of ketones is 1. The number of carbonyl (C=O) groups excluding carboxylic acids is 1. The van der Waals surface area contributed by atoms with Gasteiger partial charge in [-0.2, -0.15) is 0 Å². The van der Waals surface area contributed by atoms with Gasteiger partial charge in [0.05, 0.1) is 16.5 Å². The monoisotopic (exact) mass is 281 g/mol. The SMILES string of the molecule is O=C(c1c[nH]c2c(Cl)cccc12)C1Cc2ccccc21. The van der Waals surface area contributed by atoms with Crippen molar-refractivity contribution in [3.63, 3.8) is 0 Å². The van der Waals surface area contributed by atoms with E-state index in [-0.39, 0.29) is 11.7 Å². The first kappa shape index (κ1) is 11.7. The average molecular weight is 282 g/mol. The summed E-state index contributed by atoms with van der Waals surface area (Å²) in [5, 5.41) is 1.56. The molecule has 0 fully saturated rings. The van der Waals surface area contributed by atoms with Crippen LogP contribution in [0.3, 0.4) is 0 Å². The molecule has 2 nitrogen and oxygen atoms in total. The van der Waals surface area contributed by atoms with Crippen molar-refractivity contribution in [3.05, 3.63) is 70.4 Å². The molecule has 2 aromatic carbocycles. The van der Waals surface area contributed by atoms with Gasteiger partial charge in [-0.25, -0.2) is 0 Å². The molecule has 3 heteroatoms. The van der Waals surface area contributed by atoms with Gasteiger partial charge in [-0.15, -0.1) is 0 Å². The fraction of sp³-hybridized carbons (Fsp3) is 0.118. The molecule has 1 heterocycles. The summed E-state index contributed by atoms with van der Waals surface area (Å²) in [4.78, 5) is 15.8. The summed E-state index contributed by atoms with van der Waals surface area (Å²) in [6, 6.07) is 13.8. The minimum Gasteiger partial charge on any atom is -0.359 e. The van der Waals surface area contributed by atoms with E-state index in [1.807, 2.05) is 36.4 Å². The van der Waals surface area contributed by atoms with E-state index in [0.29, 0.717) is 5.02 Å². The number of fused-ring (bicyclic) bond motifs is 2. The molecule has 1 aliphatic carbocycles. The minimum absolute atomic E-state index is 0.0100. The highest BCUT2D eigenvalue weighted by Gasteiger charge is 2.33. The Labute approximate surface area is 121 Å². The molecule has 0 bridgehead atoms. The summed E-state index contributed by atoms with van der Waals surface area (Å²) in [7, 11) is 0. The lowest BCUT2D eigenvalue weighted by Gasteiger charge is -2.28. The zero-order chi connectivity index (χ0) is 13.7. The third-order valence-electron chi connectivity index (χ3n) is 4.10. The number of hydrogen-bond donors (Lipinski definition) is 1. The second kappa shape index (κ2) is 4.22. The Balaban J connectivity index is 1.78. The molecule has 0 saturated heterocycles. The summed E-state index contributed by atoms with van der Waals surface area (Å²) in [6.07, 6.45) is 2.61. The predicted molar refractivity (Wildman–Crippen MR) is 80.5 cm³/mol. The van der Waals surface area contributed by atoms with Gasteiger partial charge in [0, 0.05) is 17.1 Å². The van der Waals surface area contributed by atoms with Crippen LogP contribution in [0.5, 0.6) is 0 Å². The van der Waals surface area contributed by atoms with Gasteiger partial charge in [0.1, 0.15) is 0 Å². The van der Waals surface area contributed by atoms with Gasteiger partial charge in [0.25, 0.3) is 0 Å². The van der Waals surface area contributed by atoms with Crippen LogP contribution in [-0.2, 0) is 6.42 Å². The van der Waals surface area contributed by atoms with Crippen LogP contribution in [0.15, 0.2) is 48.7 Å². The molecule has 0 amide bonds. The smallest absolute Gasteiger partial charge is 0.172 e. The topological polar surface area (TPSA) is 32.9 Å². The molecule has 0 aliphatic heterocycles. The van der Waals surface area contributed by atoms with Crippen LogP contribution < -0.4 is 0 Å². The number of para-hydroxylation sites is 1. The summed E-state index contributed by atoms with van der Waals surface area (Å²) >= 11 is 6.14. The number of rotatable bonds is 2. The standard InChI is InChI=1S/C17H12ClNO/c18-15-7-3-6-12-14(9-19-16(12)15)17(20)13-8-10-4-1-2-5-11(10)13/h1-7,9,13,19H,8H2. The maximum absolute atomic E-state index is 12.7. The molecule has 0 saturated carbocycles. The van der Waals surface area contributed by atoms with Crippen molar-refractivity contribution < 1.29 is 4.79 Å². The minimum atomic E-state index is -0.0100. The van der Waals surface area contributed by atoms with Crippen molar-refractivity contribution in [2.75, 3.05) is 0 Å². The van der Waals surface area contributed by atoms with Crippen LogP contribution in [-0.4, -0.2) is 10.8 Å². The Bertz CT molecular complexity index is 834. The zero-order valence-electron chi connectivity index (χ0n) is 10.7. The van der Waals surface area contributed by atoms with E-state index in [1.165, 1.54) is 5.56 Å². The van der Waals surface area contributed by atoms with Crippen molar-refractivity contribution in [2.45, 2.75) is 12.3 Å². The van der Waals surface area contributed by atoms with Gasteiger partial charge < -0.3 is 4.98 Å². The van der Waals surface area contributed by atoms with Crippen molar-refractivity contribution >= 4 is 28.3 Å². The van der Waals surface area contributed by atoms with Crippen LogP contribution in [0, 0.1) is 0 Å². The molecule has 3 aromatic rings. The Morgan fingerprint density at radius 2 is 2.00 bits per heavy atom. The third-order valence-corrected chi connectivity index (χ3v) is 4.42. The van der Waals surface area contributed by atoms with E-state index < -0.39 is 0 Å². The van der Waals surface area contributed by atoms with E-state index in [0.717, 1.165) is 28.5 Å². The quantitative estimate of drug-likeness (QED) is 0.696. The zero-order valence-corrected chi connectivity index (χ0v) is 11.4. The number of carbonyl (C=O) groups is 1.